The van der Waals surface area contributed by atoms with Crippen LogP contribution in [0.2, 0.25) is 0 Å². The molecule has 0 bridgehead atoms. The van der Waals surface area contributed by atoms with Gasteiger partial charge in [0.05, 0.1) is 4.90 Å². The molecule has 1 aromatic carbocycles. The lowest BCUT2D eigenvalue weighted by molar-refractivity contribution is -0.107. The Labute approximate surface area is 123 Å². The molecule has 21 heavy (non-hydrogen) atoms. The van der Waals surface area contributed by atoms with Crippen LogP contribution in [-0.2, 0) is 14.8 Å². The zero-order valence-corrected chi connectivity index (χ0v) is 12.3. The summed E-state index contributed by atoms with van der Waals surface area (Å²) in [7, 11) is -3.69. The molecular weight excluding hydrogens is 290 g/mol. The smallest absolute Gasteiger partial charge is 0.267 e. The van der Waals surface area contributed by atoms with E-state index in [2.05, 4.69) is 0 Å². The highest BCUT2D eigenvalue weighted by Crippen LogP contribution is 2.16. The molecule has 0 radical (unpaired) electrons. The first-order chi connectivity index (χ1) is 9.95. The van der Waals surface area contributed by atoms with Gasteiger partial charge in [0.1, 0.15) is 6.29 Å². The zero-order valence-electron chi connectivity index (χ0n) is 11.5. The zero-order chi connectivity index (χ0) is 15.5. The van der Waals surface area contributed by atoms with Gasteiger partial charge in [0, 0.05) is 30.8 Å². The first-order valence-electron chi connectivity index (χ1n) is 6.42. The topological polar surface area (TPSA) is 73.2 Å². The summed E-state index contributed by atoms with van der Waals surface area (Å²) in [5, 5.41) is 0. The van der Waals surface area contributed by atoms with Crippen molar-refractivity contribution in [1.82, 2.24) is 3.97 Å². The van der Waals surface area contributed by atoms with E-state index in [1.165, 1.54) is 30.6 Å². The molecule has 0 N–H and O–H groups in total. The molecule has 0 amide bonds. The number of aldehydes is 1. The highest BCUT2D eigenvalue weighted by Gasteiger charge is 2.18. The molecule has 1 heterocycles. The van der Waals surface area contributed by atoms with Gasteiger partial charge in [-0.3, -0.25) is 4.79 Å². The van der Waals surface area contributed by atoms with Crippen molar-refractivity contribution < 1.29 is 18.0 Å². The van der Waals surface area contributed by atoms with Gasteiger partial charge in [-0.05, 0) is 25.1 Å². The fourth-order valence-electron chi connectivity index (χ4n) is 1.86. The summed E-state index contributed by atoms with van der Waals surface area (Å²) in [4.78, 5) is 22.2. The van der Waals surface area contributed by atoms with E-state index in [1.54, 1.807) is 12.1 Å². The van der Waals surface area contributed by atoms with Crippen molar-refractivity contribution in [3.05, 3.63) is 53.9 Å². The van der Waals surface area contributed by atoms with E-state index in [1.807, 2.05) is 6.92 Å². The lowest BCUT2D eigenvalue weighted by Gasteiger charge is -2.05. The van der Waals surface area contributed by atoms with Crippen molar-refractivity contribution in [2.75, 3.05) is 0 Å². The number of hydrogen-bond acceptors (Lipinski definition) is 4. The van der Waals surface area contributed by atoms with Gasteiger partial charge in [-0.1, -0.05) is 17.7 Å². The average Bonchev–Trinajstić information content (AvgIpc) is 2.96. The van der Waals surface area contributed by atoms with Crippen molar-refractivity contribution in [3.8, 4) is 0 Å². The van der Waals surface area contributed by atoms with E-state index in [0.29, 0.717) is 6.29 Å². The summed E-state index contributed by atoms with van der Waals surface area (Å²) in [6.07, 6.45) is 3.50. The van der Waals surface area contributed by atoms with Crippen LogP contribution in [0.1, 0.15) is 28.8 Å². The van der Waals surface area contributed by atoms with E-state index in [4.69, 9.17) is 0 Å². The number of nitrogens with zero attached hydrogens (tertiary/aromatic N) is 1. The van der Waals surface area contributed by atoms with E-state index in [-0.39, 0.29) is 29.1 Å². The number of carbonyl (C=O) groups is 2. The van der Waals surface area contributed by atoms with E-state index < -0.39 is 10.0 Å². The van der Waals surface area contributed by atoms with Gasteiger partial charge in [0.2, 0.25) is 0 Å². The Bertz CT molecular complexity index is 757. The normalized spacial score (nSPS) is 11.3. The molecule has 0 saturated heterocycles. The van der Waals surface area contributed by atoms with Gasteiger partial charge < -0.3 is 4.79 Å². The summed E-state index contributed by atoms with van der Waals surface area (Å²) >= 11 is 0. The highest BCUT2D eigenvalue weighted by atomic mass is 32.2. The standard InChI is InChI=1S/C15H15NO4S/c1-12-4-6-14(7-5-12)21(19,20)16-9-8-13(11-16)15(18)3-2-10-17/h4-11H,2-3H2,1H3. The second kappa shape index (κ2) is 6.05. The Hall–Kier alpha value is -2.21. The average molecular weight is 305 g/mol. The molecule has 1 aromatic heterocycles. The van der Waals surface area contributed by atoms with Gasteiger partial charge in [0.25, 0.3) is 10.0 Å². The van der Waals surface area contributed by atoms with Crippen LogP contribution in [0.15, 0.2) is 47.6 Å². The summed E-state index contributed by atoms with van der Waals surface area (Å²) in [5.74, 6) is -0.250. The molecule has 0 aliphatic carbocycles. The number of carbonyl (C=O) groups excluding carboxylic acids is 2. The van der Waals surface area contributed by atoms with Crippen LogP contribution in [0.3, 0.4) is 0 Å². The van der Waals surface area contributed by atoms with Gasteiger partial charge in [-0.15, -0.1) is 0 Å². The third kappa shape index (κ3) is 3.28. The molecule has 0 aliphatic rings. The maximum absolute atomic E-state index is 12.4. The molecule has 0 spiro atoms. The number of hydrogen-bond donors (Lipinski definition) is 0. The summed E-state index contributed by atoms with van der Waals surface area (Å²) in [6, 6.07) is 7.93. The predicted octanol–water partition coefficient (Wildman–Crippen LogP) is 2.20. The van der Waals surface area contributed by atoms with Crippen LogP contribution >= 0.6 is 0 Å². The maximum atomic E-state index is 12.4. The predicted molar refractivity (Wildman–Crippen MR) is 77.8 cm³/mol. The molecule has 5 nitrogen and oxygen atoms in total. The molecule has 0 fully saturated rings. The maximum Gasteiger partial charge on any atom is 0.267 e. The van der Waals surface area contributed by atoms with Crippen LogP contribution in [-0.4, -0.2) is 24.5 Å². The van der Waals surface area contributed by atoms with Gasteiger partial charge in [-0.2, -0.15) is 0 Å². The SMILES string of the molecule is Cc1ccc(S(=O)(=O)n2ccc(C(=O)CCC=O)c2)cc1. The second-order valence-electron chi connectivity index (χ2n) is 4.68. The van der Waals surface area contributed by atoms with Crippen molar-refractivity contribution in [2.45, 2.75) is 24.7 Å². The van der Waals surface area contributed by atoms with E-state index in [0.717, 1.165) is 9.54 Å². The Morgan fingerprint density at radius 2 is 1.86 bits per heavy atom. The first kappa shape index (κ1) is 15.2. The molecule has 0 aliphatic heterocycles. The molecule has 0 saturated carbocycles. The molecule has 0 atom stereocenters. The van der Waals surface area contributed by atoms with E-state index in [9.17, 15) is 18.0 Å². The van der Waals surface area contributed by atoms with Crippen LogP contribution in [0.25, 0.3) is 0 Å². The Kier molecular flexibility index (Phi) is 4.37. The van der Waals surface area contributed by atoms with Gasteiger partial charge in [0.15, 0.2) is 5.78 Å². The highest BCUT2D eigenvalue weighted by molar-refractivity contribution is 7.90. The number of ketones is 1. The van der Waals surface area contributed by atoms with Crippen LogP contribution in [0.5, 0.6) is 0 Å². The minimum absolute atomic E-state index is 0.0814. The van der Waals surface area contributed by atoms with Gasteiger partial charge in [-0.25, -0.2) is 12.4 Å². The Balaban J connectivity index is 2.29. The Morgan fingerprint density at radius 1 is 1.19 bits per heavy atom. The number of aryl methyl sites for hydroxylation is 1. The molecular formula is C15H15NO4S. The molecule has 6 heteroatoms. The third-order valence-corrected chi connectivity index (χ3v) is 4.73. The minimum Gasteiger partial charge on any atom is -0.303 e. The number of Topliss-reactive ketones (excluding diaryl/α,β-unsaturated/α-hetero) is 1. The number of aromatic nitrogens is 1. The first-order valence-corrected chi connectivity index (χ1v) is 7.86. The summed E-state index contributed by atoms with van der Waals surface area (Å²) < 4.78 is 25.8. The fraction of sp³-hybridized carbons (Fsp3) is 0.200. The van der Waals surface area contributed by atoms with Crippen molar-refractivity contribution in [2.24, 2.45) is 0 Å². The van der Waals surface area contributed by atoms with Crippen molar-refractivity contribution in [1.29, 1.82) is 0 Å². The minimum atomic E-state index is -3.69. The van der Waals surface area contributed by atoms with Crippen LogP contribution in [0.4, 0.5) is 0 Å². The summed E-state index contributed by atoms with van der Waals surface area (Å²) in [6.45, 7) is 1.87. The lowest BCUT2D eigenvalue weighted by atomic mass is 10.1. The molecule has 0 unspecified atom stereocenters. The van der Waals surface area contributed by atoms with Crippen LogP contribution < -0.4 is 0 Å². The fourth-order valence-corrected chi connectivity index (χ4v) is 3.05. The van der Waals surface area contributed by atoms with Crippen molar-refractivity contribution >= 4 is 22.1 Å². The molecule has 2 aromatic rings. The van der Waals surface area contributed by atoms with Gasteiger partial charge >= 0.3 is 0 Å². The van der Waals surface area contributed by atoms with Crippen molar-refractivity contribution in [3.63, 3.8) is 0 Å². The van der Waals surface area contributed by atoms with Crippen LogP contribution in [0, 0.1) is 6.92 Å². The molecule has 2 rings (SSSR count). The Morgan fingerprint density at radius 3 is 2.48 bits per heavy atom. The molecule has 110 valence electrons. The third-order valence-electron chi connectivity index (χ3n) is 3.07. The van der Waals surface area contributed by atoms with E-state index >= 15 is 0 Å². The number of benzene rings is 1. The number of rotatable bonds is 6. The monoisotopic (exact) mass is 305 g/mol. The summed E-state index contributed by atoms with van der Waals surface area (Å²) in [5.41, 5.74) is 1.25. The second-order valence-corrected chi connectivity index (χ2v) is 6.52. The quantitative estimate of drug-likeness (QED) is 0.606. The lowest BCUT2D eigenvalue weighted by Crippen LogP contribution is -2.11. The largest absolute Gasteiger partial charge is 0.303 e.